The number of carbonyl (C=O) groups excluding carboxylic acids is 3. The molecule has 7 aromatic rings. The molecule has 0 saturated carbocycles. The number of hydrogen-bond acceptors (Lipinski definition) is 20. The zero-order valence-corrected chi connectivity index (χ0v) is 86.8. The summed E-state index contributed by atoms with van der Waals surface area (Å²) in [5, 5.41) is 23.6. The third-order valence-electron chi connectivity index (χ3n) is 20.3. The van der Waals surface area contributed by atoms with Crippen LogP contribution in [0.2, 0.25) is 35.2 Å². The number of likely N-dealkylation sites (N-methyl/N-ethyl adjacent to an activating group) is 6. The fraction of sp³-hybridized carbons (Fsp3) is 0.531. The molecule has 0 bridgehead atoms. The van der Waals surface area contributed by atoms with E-state index in [1.165, 1.54) is 33.4 Å². The Bertz CT molecular complexity index is 4400. The van der Waals surface area contributed by atoms with Gasteiger partial charge in [0.1, 0.15) is 35.1 Å². The van der Waals surface area contributed by atoms with Crippen molar-refractivity contribution >= 4 is 134 Å². The van der Waals surface area contributed by atoms with Gasteiger partial charge in [0.05, 0.1) is 77.6 Å². The first-order chi connectivity index (χ1) is 61.7. The van der Waals surface area contributed by atoms with Gasteiger partial charge in [-0.15, -0.1) is 24.8 Å². The number of amides is 3. The molecule has 6 atom stereocenters. The molecular weight excluding hydrogens is 1930 g/mol. The molecule has 746 valence electrons. The quantitative estimate of drug-likeness (QED) is 0.0231. The van der Waals surface area contributed by atoms with Crippen LogP contribution >= 0.6 is 106 Å². The number of fused-ring (bicyclic) bond motifs is 6. The molecule has 0 fully saturated rings. The van der Waals surface area contributed by atoms with E-state index < -0.39 is 32.4 Å². The van der Waals surface area contributed by atoms with Crippen molar-refractivity contribution in [2.45, 2.75) is 192 Å². The lowest BCUT2D eigenvalue weighted by Crippen LogP contribution is -2.37. The Hall–Kier alpha value is -5.82. The van der Waals surface area contributed by atoms with Crippen LogP contribution in [-0.4, -0.2) is 222 Å². The Morgan fingerprint density at radius 2 is 0.632 bits per heavy atom. The SMILES string of the molecule is CCCC(OC)OC.CN(CC1OCCc2c(Cl)cccc21)C(=O)OC(C)(C)C.CN(C[C@@H]1OCCc2c(Cl)cccc21)C(=O)OC(C)(C)C.CN(C[C@H]1OCCc2c(Cl)cccc21)C(=O)OC(C)(C)C.CNCC1OCCc2c(Cl)cccc21.CNC[C@@H]1OCCc2c(Cl)cccc21.CNC[C@H]1OCCc2c(Cl)cccc21.Cl.Cl.O=S(=O)(O)C(F)(F)F.OCCc1ccccc1Cl. The molecule has 0 aliphatic carbocycles. The van der Waals surface area contributed by atoms with Crippen molar-refractivity contribution in [3.05, 3.63) is 241 Å². The van der Waals surface area contributed by atoms with Gasteiger partial charge in [-0.25, -0.2) is 14.4 Å². The number of nitrogens with one attached hydrogen (secondary N) is 3. The fourth-order valence-electron chi connectivity index (χ4n) is 14.1. The van der Waals surface area contributed by atoms with Crippen LogP contribution < -0.4 is 16.0 Å². The Morgan fingerprint density at radius 3 is 0.820 bits per heavy atom. The van der Waals surface area contributed by atoms with E-state index in [1.54, 1.807) is 50.1 Å². The highest BCUT2D eigenvalue weighted by atomic mass is 35.5. The molecule has 133 heavy (non-hydrogen) atoms. The third-order valence-corrected chi connectivity index (χ3v) is 23.4. The molecule has 6 aliphatic heterocycles. The van der Waals surface area contributed by atoms with Gasteiger partial charge in [-0.2, -0.15) is 21.6 Å². The fourth-order valence-corrected chi connectivity index (χ4v) is 16.0. The summed E-state index contributed by atoms with van der Waals surface area (Å²) >= 11 is 42.9. The monoisotopic (exact) mass is 2060 g/mol. The van der Waals surface area contributed by atoms with Gasteiger partial charge < -0.3 is 87.9 Å². The van der Waals surface area contributed by atoms with Crippen LogP contribution in [0.3, 0.4) is 0 Å². The number of aliphatic hydroxyl groups excluding tert-OH is 1. The van der Waals surface area contributed by atoms with Crippen LogP contribution in [0.25, 0.3) is 0 Å². The normalized spacial score (nSPS) is 17.3. The molecule has 0 saturated heterocycles. The molecule has 0 spiro atoms. The van der Waals surface area contributed by atoms with E-state index >= 15 is 0 Å². The zero-order valence-electron chi connectivity index (χ0n) is 79.1. The van der Waals surface area contributed by atoms with Gasteiger partial charge in [0.2, 0.25) is 0 Å². The zero-order chi connectivity index (χ0) is 97.6. The number of carbonyl (C=O) groups is 3. The molecule has 6 aliphatic rings. The Morgan fingerprint density at radius 1 is 0.414 bits per heavy atom. The molecule has 3 amide bonds. The van der Waals surface area contributed by atoms with Gasteiger partial charge in [0, 0.05) is 96.8 Å². The predicted octanol–water partition coefficient (Wildman–Crippen LogP) is 22.5. The van der Waals surface area contributed by atoms with Crippen molar-refractivity contribution in [1.82, 2.24) is 30.7 Å². The topological polar surface area (TPSA) is 273 Å². The highest BCUT2D eigenvalue weighted by Gasteiger charge is 2.44. The van der Waals surface area contributed by atoms with E-state index in [0.29, 0.717) is 45.9 Å². The van der Waals surface area contributed by atoms with Crippen molar-refractivity contribution in [2.24, 2.45) is 0 Å². The van der Waals surface area contributed by atoms with Gasteiger partial charge in [0.15, 0.2) is 6.29 Å². The minimum absolute atomic E-state index is 0. The van der Waals surface area contributed by atoms with Crippen LogP contribution in [0.15, 0.2) is 133 Å². The molecule has 7 aromatic carbocycles. The van der Waals surface area contributed by atoms with Crippen molar-refractivity contribution in [3.63, 3.8) is 0 Å². The first kappa shape index (κ1) is 121. The first-order valence-electron chi connectivity index (χ1n) is 43.3. The summed E-state index contributed by atoms with van der Waals surface area (Å²) in [5.41, 5.74) is 7.96. The second kappa shape index (κ2) is 60.2. The Kier molecular flexibility index (Phi) is 55.0. The lowest BCUT2D eigenvalue weighted by atomic mass is 9.97. The number of benzene rings is 7. The van der Waals surface area contributed by atoms with Crippen molar-refractivity contribution in [1.29, 1.82) is 0 Å². The third kappa shape index (κ3) is 41.6. The lowest BCUT2D eigenvalue weighted by Gasteiger charge is -2.31. The van der Waals surface area contributed by atoms with Crippen LogP contribution in [0, 0.1) is 0 Å². The number of rotatable bonds is 18. The molecule has 13 rings (SSSR count). The second-order valence-electron chi connectivity index (χ2n) is 33.9. The molecule has 5 N–H and O–H groups in total. The summed E-state index contributed by atoms with van der Waals surface area (Å²) in [7, 11) is 8.43. The van der Waals surface area contributed by atoms with E-state index in [4.69, 9.17) is 151 Å². The highest BCUT2D eigenvalue weighted by molar-refractivity contribution is 7.86. The molecule has 37 heteroatoms. The number of aliphatic hydroxyl groups is 1. The van der Waals surface area contributed by atoms with E-state index in [1.807, 2.05) is 199 Å². The van der Waals surface area contributed by atoms with Gasteiger partial charge in [-0.3, -0.25) is 4.55 Å². The molecule has 6 heterocycles. The van der Waals surface area contributed by atoms with Crippen LogP contribution in [0.4, 0.5) is 27.6 Å². The standard InChI is InChI=1S/3C16H22ClNO3.3C11H14ClNO.C8H9ClO.C6H14O2.CHF3O3S.2ClH/c3*1-16(2,3)21-15(19)18(4)10-14-12-6-5-7-13(17)11(12)8-9-20-14;3*1-13-7-11-9-3-2-4-10(12)8(9)5-6-14-11;9-8-4-2-1-3-7(8)5-6-10;1-4-5-6(7-2)8-3;2-1(3,4)8(5,6)7;;/h3*5-7,14H,8-10H2,1-4H3;3*2-4,11,13H,5-7H2,1H3;1-4,10H,5-6H2;6H,4-5H2,1-3H3;(H,5,6,7);2*1H/t2*14-;;2*11-;;;;;;/m10.10....../s1. The van der Waals surface area contributed by atoms with Crippen LogP contribution in [0.5, 0.6) is 0 Å². The summed E-state index contributed by atoms with van der Waals surface area (Å²) < 4.78 is 118. The number of halogens is 12. The molecule has 0 aromatic heterocycles. The molecule has 24 nitrogen and oxygen atoms in total. The van der Waals surface area contributed by atoms with E-state index in [2.05, 4.69) is 41.1 Å². The number of methoxy groups -OCH3 is 2. The predicted molar refractivity (Wildman–Crippen MR) is 529 cm³/mol. The van der Waals surface area contributed by atoms with Gasteiger partial charge in [0.25, 0.3) is 0 Å². The maximum Gasteiger partial charge on any atom is 0.522 e. The van der Waals surface area contributed by atoms with Gasteiger partial charge >= 0.3 is 33.9 Å². The van der Waals surface area contributed by atoms with Crippen LogP contribution in [-0.2, 0) is 107 Å². The van der Waals surface area contributed by atoms with Crippen molar-refractivity contribution < 1.29 is 97.7 Å². The average molecular weight is 2070 g/mol. The summed E-state index contributed by atoms with van der Waals surface area (Å²) in [6.07, 6.45) is 6.86. The summed E-state index contributed by atoms with van der Waals surface area (Å²) in [6, 6.07) is 43.1. The first-order valence-corrected chi connectivity index (χ1v) is 47.4. The lowest BCUT2D eigenvalue weighted by molar-refractivity contribution is -0.106. The van der Waals surface area contributed by atoms with Crippen molar-refractivity contribution in [2.75, 3.05) is 142 Å². The minimum atomic E-state index is -5.84. The summed E-state index contributed by atoms with van der Waals surface area (Å²) in [4.78, 5) is 40.7. The van der Waals surface area contributed by atoms with E-state index in [0.717, 1.165) is 165 Å². The Labute approximate surface area is 832 Å². The van der Waals surface area contributed by atoms with E-state index in [9.17, 15) is 27.6 Å². The van der Waals surface area contributed by atoms with Crippen molar-refractivity contribution in [3.8, 4) is 0 Å². The summed E-state index contributed by atoms with van der Waals surface area (Å²) in [6.45, 7) is 26.9. The smallest absolute Gasteiger partial charge is 0.444 e. The number of hydrogen-bond donors (Lipinski definition) is 5. The average Bonchev–Trinajstić information content (AvgIpc) is 0.833. The molecular formula is C96H134Cl9F3N6O18S. The number of ether oxygens (including phenoxy) is 11. The maximum atomic E-state index is 12.0. The number of alkyl halides is 3. The van der Waals surface area contributed by atoms with Crippen LogP contribution in [0.1, 0.15) is 191 Å². The highest BCUT2D eigenvalue weighted by Crippen LogP contribution is 2.39. The largest absolute Gasteiger partial charge is 0.522 e. The Balaban J connectivity index is 0.000000392. The second-order valence-corrected chi connectivity index (χ2v) is 38.2. The van der Waals surface area contributed by atoms with E-state index in [-0.39, 0.29) is 92.6 Å². The van der Waals surface area contributed by atoms with Gasteiger partial charge in [-0.05, 0) is 250 Å². The molecule has 0 radical (unpaired) electrons. The minimum Gasteiger partial charge on any atom is -0.444 e. The number of nitrogens with zero attached hydrogens (tertiary/aromatic N) is 3. The van der Waals surface area contributed by atoms with Gasteiger partial charge in [-0.1, -0.05) is 186 Å². The molecule has 2 unspecified atom stereocenters. The maximum absolute atomic E-state index is 12.0. The summed E-state index contributed by atoms with van der Waals surface area (Å²) in [5.74, 6) is 0.